The van der Waals surface area contributed by atoms with Crippen LogP contribution in [0.4, 0.5) is 4.79 Å². The topological polar surface area (TPSA) is 81.7 Å². The summed E-state index contributed by atoms with van der Waals surface area (Å²) in [7, 11) is 3.30. The van der Waals surface area contributed by atoms with E-state index in [9.17, 15) is 9.59 Å². The van der Waals surface area contributed by atoms with Crippen molar-refractivity contribution in [2.24, 2.45) is 0 Å². The van der Waals surface area contributed by atoms with E-state index < -0.39 is 18.0 Å². The molecule has 1 rings (SSSR count). The molecule has 1 aromatic carbocycles. The minimum Gasteiger partial charge on any atom is -0.480 e. The average Bonchev–Trinajstić information content (AvgIpc) is 2.34. The largest absolute Gasteiger partial charge is 0.480 e. The van der Waals surface area contributed by atoms with Crippen LogP contribution in [0.5, 0.6) is 0 Å². The fourth-order valence-electron chi connectivity index (χ4n) is 1.61. The lowest BCUT2D eigenvalue weighted by Crippen LogP contribution is -2.49. The van der Waals surface area contributed by atoms with E-state index in [0.29, 0.717) is 12.8 Å². The average molecular weight is 265 g/mol. The summed E-state index contributed by atoms with van der Waals surface area (Å²) in [5.74, 6) is -1.04. The molecule has 3 N–H and O–H groups in total. The molecule has 0 saturated carbocycles. The molecular weight excluding hydrogens is 246 g/mol. The number of carbonyl (C=O) groups is 2. The summed E-state index contributed by atoms with van der Waals surface area (Å²) in [6.07, 6.45) is 0.945. The Morgan fingerprint density at radius 3 is 2.42 bits per heavy atom. The zero-order chi connectivity index (χ0) is 14.3. The SMILES string of the molecule is CN(C)NC(=O)N[C@@H](CCc1ccccc1)C(=O)O. The molecule has 0 bridgehead atoms. The number of nitrogens with zero attached hydrogens (tertiary/aromatic N) is 1. The number of carbonyl (C=O) groups excluding carboxylic acids is 1. The van der Waals surface area contributed by atoms with Gasteiger partial charge in [0, 0.05) is 14.1 Å². The molecule has 0 aliphatic rings. The molecule has 0 aliphatic heterocycles. The number of rotatable bonds is 6. The summed E-state index contributed by atoms with van der Waals surface area (Å²) >= 11 is 0. The second kappa shape index (κ2) is 7.38. The third-order valence-electron chi connectivity index (χ3n) is 2.49. The number of nitrogens with one attached hydrogen (secondary N) is 2. The number of carboxylic acids is 1. The van der Waals surface area contributed by atoms with Crippen LogP contribution in [0.2, 0.25) is 0 Å². The predicted octanol–water partition coefficient (Wildman–Crippen LogP) is 0.848. The Labute approximate surface area is 112 Å². The van der Waals surface area contributed by atoms with Gasteiger partial charge < -0.3 is 10.4 Å². The second-order valence-corrected chi connectivity index (χ2v) is 4.39. The third kappa shape index (κ3) is 5.87. The van der Waals surface area contributed by atoms with Gasteiger partial charge in [-0.15, -0.1) is 0 Å². The highest BCUT2D eigenvalue weighted by molar-refractivity contribution is 5.82. The van der Waals surface area contributed by atoms with Gasteiger partial charge in [-0.25, -0.2) is 14.6 Å². The van der Waals surface area contributed by atoms with Crippen LogP contribution in [0.3, 0.4) is 0 Å². The summed E-state index contributed by atoms with van der Waals surface area (Å²) in [6, 6.07) is 8.14. The first-order chi connectivity index (χ1) is 8.99. The smallest absolute Gasteiger partial charge is 0.330 e. The maximum absolute atomic E-state index is 11.5. The molecule has 1 atom stereocenters. The van der Waals surface area contributed by atoms with E-state index in [1.165, 1.54) is 5.01 Å². The number of aryl methyl sites for hydroxylation is 1. The Morgan fingerprint density at radius 2 is 1.89 bits per heavy atom. The van der Waals surface area contributed by atoms with Gasteiger partial charge in [0.2, 0.25) is 0 Å². The standard InChI is InChI=1S/C13H19N3O3/c1-16(2)15-13(19)14-11(12(17)18)9-8-10-6-4-3-5-7-10/h3-7,11H,8-9H2,1-2H3,(H,17,18)(H2,14,15,19)/t11-/m0/s1. The Morgan fingerprint density at radius 1 is 1.26 bits per heavy atom. The lowest BCUT2D eigenvalue weighted by atomic mass is 10.1. The first-order valence-electron chi connectivity index (χ1n) is 6.00. The molecule has 0 spiro atoms. The van der Waals surface area contributed by atoms with E-state index in [1.54, 1.807) is 14.1 Å². The van der Waals surface area contributed by atoms with Gasteiger partial charge in [-0.3, -0.25) is 5.43 Å². The van der Waals surface area contributed by atoms with Crippen molar-refractivity contribution in [3.63, 3.8) is 0 Å². The summed E-state index contributed by atoms with van der Waals surface area (Å²) < 4.78 is 0. The molecule has 0 fully saturated rings. The van der Waals surface area contributed by atoms with Gasteiger partial charge in [-0.05, 0) is 18.4 Å². The maximum Gasteiger partial charge on any atom is 0.330 e. The number of amides is 2. The predicted molar refractivity (Wildman–Crippen MR) is 71.5 cm³/mol. The molecule has 6 nitrogen and oxygen atoms in total. The van der Waals surface area contributed by atoms with Crippen LogP contribution >= 0.6 is 0 Å². The van der Waals surface area contributed by atoms with Gasteiger partial charge in [0.15, 0.2) is 0 Å². The summed E-state index contributed by atoms with van der Waals surface area (Å²) in [6.45, 7) is 0. The van der Waals surface area contributed by atoms with E-state index in [-0.39, 0.29) is 0 Å². The number of aliphatic carboxylic acids is 1. The third-order valence-corrected chi connectivity index (χ3v) is 2.49. The first kappa shape index (κ1) is 15.0. The monoisotopic (exact) mass is 265 g/mol. The number of urea groups is 1. The number of benzene rings is 1. The quantitative estimate of drug-likeness (QED) is 0.666. The normalized spacial score (nSPS) is 11.9. The Hall–Kier alpha value is -2.08. The number of hydrazine groups is 1. The van der Waals surface area contributed by atoms with Gasteiger partial charge in [-0.2, -0.15) is 0 Å². The van der Waals surface area contributed by atoms with Crippen molar-refractivity contribution in [3.8, 4) is 0 Å². The van der Waals surface area contributed by atoms with Crippen LogP contribution < -0.4 is 10.7 Å². The Kier molecular flexibility index (Phi) is 5.81. The molecule has 0 radical (unpaired) electrons. The molecule has 6 heteroatoms. The molecular formula is C13H19N3O3. The zero-order valence-electron chi connectivity index (χ0n) is 11.1. The molecule has 0 heterocycles. The lowest BCUT2D eigenvalue weighted by Gasteiger charge is -2.17. The van der Waals surface area contributed by atoms with Crippen LogP contribution in [0.25, 0.3) is 0 Å². The van der Waals surface area contributed by atoms with E-state index in [4.69, 9.17) is 5.11 Å². The molecule has 104 valence electrons. The van der Waals surface area contributed by atoms with E-state index >= 15 is 0 Å². The summed E-state index contributed by atoms with van der Waals surface area (Å²) in [5, 5.41) is 13.0. The van der Waals surface area contributed by atoms with Crippen molar-refractivity contribution in [2.75, 3.05) is 14.1 Å². The number of carboxylic acid groups (broad SMARTS) is 1. The molecule has 0 aromatic heterocycles. The van der Waals surface area contributed by atoms with Crippen molar-refractivity contribution in [1.29, 1.82) is 0 Å². The minimum absolute atomic E-state index is 0.347. The van der Waals surface area contributed by atoms with Crippen molar-refractivity contribution in [3.05, 3.63) is 35.9 Å². The molecule has 19 heavy (non-hydrogen) atoms. The van der Waals surface area contributed by atoms with Crippen LogP contribution in [0.15, 0.2) is 30.3 Å². The lowest BCUT2D eigenvalue weighted by molar-refractivity contribution is -0.139. The van der Waals surface area contributed by atoms with Crippen LogP contribution in [-0.4, -0.2) is 42.3 Å². The van der Waals surface area contributed by atoms with Gasteiger partial charge in [0.25, 0.3) is 0 Å². The van der Waals surface area contributed by atoms with E-state index in [2.05, 4.69) is 10.7 Å². The van der Waals surface area contributed by atoms with Crippen LogP contribution in [0.1, 0.15) is 12.0 Å². The fourth-order valence-corrected chi connectivity index (χ4v) is 1.61. The molecule has 2 amide bonds. The van der Waals surface area contributed by atoms with Crippen molar-refractivity contribution in [2.45, 2.75) is 18.9 Å². The highest BCUT2D eigenvalue weighted by Gasteiger charge is 2.19. The minimum atomic E-state index is -1.04. The van der Waals surface area contributed by atoms with Crippen LogP contribution in [-0.2, 0) is 11.2 Å². The van der Waals surface area contributed by atoms with Crippen molar-refractivity contribution >= 4 is 12.0 Å². The Balaban J connectivity index is 2.49. The summed E-state index contributed by atoms with van der Waals surface area (Å²) in [4.78, 5) is 22.5. The van der Waals surface area contributed by atoms with Gasteiger partial charge in [0.1, 0.15) is 6.04 Å². The zero-order valence-corrected chi connectivity index (χ0v) is 11.1. The number of hydrogen-bond donors (Lipinski definition) is 3. The Bertz CT molecular complexity index is 420. The van der Waals surface area contributed by atoms with E-state index in [0.717, 1.165) is 5.56 Å². The summed E-state index contributed by atoms with van der Waals surface area (Å²) in [5.41, 5.74) is 3.49. The number of hydrogen-bond acceptors (Lipinski definition) is 3. The van der Waals surface area contributed by atoms with Gasteiger partial charge in [0.05, 0.1) is 0 Å². The maximum atomic E-state index is 11.5. The van der Waals surface area contributed by atoms with E-state index in [1.807, 2.05) is 30.3 Å². The van der Waals surface area contributed by atoms with Gasteiger partial charge in [-0.1, -0.05) is 30.3 Å². The van der Waals surface area contributed by atoms with Crippen molar-refractivity contribution < 1.29 is 14.7 Å². The molecule has 0 saturated heterocycles. The first-order valence-corrected chi connectivity index (χ1v) is 6.00. The fraction of sp³-hybridized carbons (Fsp3) is 0.385. The highest BCUT2D eigenvalue weighted by atomic mass is 16.4. The highest BCUT2D eigenvalue weighted by Crippen LogP contribution is 2.05. The van der Waals surface area contributed by atoms with Crippen LogP contribution in [0, 0.1) is 0 Å². The second-order valence-electron chi connectivity index (χ2n) is 4.39. The molecule has 1 aromatic rings. The molecule has 0 unspecified atom stereocenters. The van der Waals surface area contributed by atoms with Gasteiger partial charge >= 0.3 is 12.0 Å². The molecule has 0 aliphatic carbocycles. The van der Waals surface area contributed by atoms with Crippen molar-refractivity contribution in [1.82, 2.24) is 15.8 Å².